The molecule has 0 aromatic heterocycles. The van der Waals surface area contributed by atoms with Crippen molar-refractivity contribution in [1.29, 1.82) is 0 Å². The largest absolute Gasteiger partial charge is 0.463 e. The van der Waals surface area contributed by atoms with Gasteiger partial charge in [0.25, 0.3) is 0 Å². The highest BCUT2D eigenvalue weighted by atomic mass is 28.3. The summed E-state index contributed by atoms with van der Waals surface area (Å²) in [7, 11) is -1.55. The Hall–Kier alpha value is -1.12. The molecule has 1 atom stereocenters. The summed E-state index contributed by atoms with van der Waals surface area (Å²) >= 11 is 0. The van der Waals surface area contributed by atoms with Gasteiger partial charge in [-0.3, -0.25) is 9.59 Å². The van der Waals surface area contributed by atoms with Gasteiger partial charge in [-0.05, 0) is 13.8 Å². The lowest BCUT2D eigenvalue weighted by Gasteiger charge is -2.08. The highest BCUT2D eigenvalue weighted by Crippen LogP contribution is 2.02. The van der Waals surface area contributed by atoms with Gasteiger partial charge >= 0.3 is 5.97 Å². The van der Waals surface area contributed by atoms with E-state index in [2.05, 4.69) is 31.1 Å². The molecule has 0 saturated carbocycles. The van der Waals surface area contributed by atoms with Crippen LogP contribution in [-0.4, -0.2) is 37.1 Å². The van der Waals surface area contributed by atoms with E-state index in [1.165, 1.54) is 0 Å². The minimum absolute atomic E-state index is 0.120. The Morgan fingerprint density at radius 1 is 1.28 bits per heavy atom. The van der Waals surface area contributed by atoms with E-state index in [1.807, 2.05) is 0 Å². The summed E-state index contributed by atoms with van der Waals surface area (Å²) in [6.45, 7) is 9.59. The number of carbonyl (C=O) groups is 2. The van der Waals surface area contributed by atoms with Crippen LogP contribution in [-0.2, 0) is 14.3 Å². The van der Waals surface area contributed by atoms with Gasteiger partial charge in [0.1, 0.15) is 26.4 Å². The molecule has 1 N–H and O–H groups in total. The molecule has 0 aliphatic rings. The molecule has 0 bridgehead atoms. The minimum Gasteiger partial charge on any atom is -0.463 e. The molecular formula is C13H22O4Si. The van der Waals surface area contributed by atoms with Gasteiger partial charge in [-0.1, -0.05) is 25.6 Å². The first kappa shape index (κ1) is 16.9. The number of hydrogen-bond donors (Lipinski definition) is 1. The predicted molar refractivity (Wildman–Crippen MR) is 72.6 cm³/mol. The van der Waals surface area contributed by atoms with Crippen LogP contribution in [0.3, 0.4) is 0 Å². The second-order valence-electron chi connectivity index (χ2n) is 5.49. The molecule has 0 rings (SSSR count). The number of carbonyl (C=O) groups excluding carboxylic acids is 2. The van der Waals surface area contributed by atoms with Crippen molar-refractivity contribution < 1.29 is 19.4 Å². The lowest BCUT2D eigenvalue weighted by molar-refractivity contribution is -0.149. The van der Waals surface area contributed by atoms with Crippen LogP contribution in [0, 0.1) is 11.5 Å². The van der Waals surface area contributed by atoms with Crippen LogP contribution in [0.1, 0.15) is 26.7 Å². The van der Waals surface area contributed by atoms with Crippen LogP contribution >= 0.6 is 0 Å². The maximum absolute atomic E-state index is 11.5. The van der Waals surface area contributed by atoms with Crippen molar-refractivity contribution in [3.05, 3.63) is 0 Å². The van der Waals surface area contributed by atoms with Crippen molar-refractivity contribution in [2.45, 2.75) is 58.5 Å². The second kappa shape index (κ2) is 7.34. The summed E-state index contributed by atoms with van der Waals surface area (Å²) in [6.07, 6.45) is -1.65. The minimum atomic E-state index is -1.55. The summed E-state index contributed by atoms with van der Waals surface area (Å²) < 4.78 is 4.85. The van der Waals surface area contributed by atoms with Crippen LogP contribution in [0.5, 0.6) is 0 Å². The zero-order valence-corrected chi connectivity index (χ0v) is 12.7. The maximum atomic E-state index is 11.5. The van der Waals surface area contributed by atoms with Crippen LogP contribution in [0.4, 0.5) is 0 Å². The van der Waals surface area contributed by atoms with Crippen molar-refractivity contribution in [2.75, 3.05) is 0 Å². The van der Waals surface area contributed by atoms with E-state index in [4.69, 9.17) is 4.74 Å². The fourth-order valence-corrected chi connectivity index (χ4v) is 1.70. The van der Waals surface area contributed by atoms with Gasteiger partial charge in [0, 0.05) is 6.42 Å². The zero-order valence-electron chi connectivity index (χ0n) is 11.7. The maximum Gasteiger partial charge on any atom is 0.313 e. The molecule has 0 aromatic carbocycles. The quantitative estimate of drug-likeness (QED) is 0.356. The Morgan fingerprint density at radius 2 is 1.83 bits per heavy atom. The van der Waals surface area contributed by atoms with E-state index in [0.29, 0.717) is 0 Å². The first-order valence-electron chi connectivity index (χ1n) is 6.02. The smallest absolute Gasteiger partial charge is 0.313 e. The molecule has 0 spiro atoms. The number of Topliss-reactive ketones (excluding diaryl/α,β-unsaturated/α-hetero) is 1. The van der Waals surface area contributed by atoms with Gasteiger partial charge in [0.05, 0.1) is 6.10 Å². The molecule has 0 amide bonds. The molecule has 102 valence electrons. The Balaban J connectivity index is 4.16. The SMILES string of the molecule is CC(C)OC(=O)CC(=O)CC(O)C#C[Si](C)(C)C. The molecule has 5 heteroatoms. The van der Waals surface area contributed by atoms with Crippen molar-refractivity contribution in [3.8, 4) is 11.5 Å². The van der Waals surface area contributed by atoms with Gasteiger partial charge in [0.15, 0.2) is 0 Å². The number of hydrogen-bond acceptors (Lipinski definition) is 4. The zero-order chi connectivity index (χ0) is 14.3. The van der Waals surface area contributed by atoms with E-state index >= 15 is 0 Å². The second-order valence-corrected chi connectivity index (χ2v) is 10.2. The average molecular weight is 270 g/mol. The molecule has 0 fully saturated rings. The summed E-state index contributed by atoms with van der Waals surface area (Å²) in [6, 6.07) is 0. The van der Waals surface area contributed by atoms with Crippen LogP contribution < -0.4 is 0 Å². The lowest BCUT2D eigenvalue weighted by Crippen LogP contribution is -2.20. The summed E-state index contributed by atoms with van der Waals surface area (Å²) in [5, 5.41) is 9.55. The molecule has 4 nitrogen and oxygen atoms in total. The van der Waals surface area contributed by atoms with Crippen LogP contribution in [0.25, 0.3) is 0 Å². The van der Waals surface area contributed by atoms with Crippen molar-refractivity contribution in [2.24, 2.45) is 0 Å². The third kappa shape index (κ3) is 10.1. The fourth-order valence-electron chi connectivity index (χ4n) is 1.10. The highest BCUT2D eigenvalue weighted by molar-refractivity contribution is 6.83. The first-order chi connectivity index (χ1) is 8.10. The molecular weight excluding hydrogens is 248 g/mol. The average Bonchev–Trinajstić information content (AvgIpc) is 2.11. The van der Waals surface area contributed by atoms with Crippen molar-refractivity contribution in [1.82, 2.24) is 0 Å². The number of ketones is 1. The molecule has 0 aromatic rings. The topological polar surface area (TPSA) is 63.6 Å². The first-order valence-corrected chi connectivity index (χ1v) is 9.52. The van der Waals surface area contributed by atoms with Gasteiger partial charge in [-0.25, -0.2) is 0 Å². The van der Waals surface area contributed by atoms with Crippen LogP contribution in [0.15, 0.2) is 0 Å². The van der Waals surface area contributed by atoms with Gasteiger partial charge < -0.3 is 9.84 Å². The van der Waals surface area contributed by atoms with E-state index in [0.717, 1.165) is 0 Å². The Morgan fingerprint density at radius 3 is 2.28 bits per heavy atom. The number of rotatable bonds is 5. The third-order valence-corrected chi connectivity index (χ3v) is 2.64. The monoisotopic (exact) mass is 270 g/mol. The van der Waals surface area contributed by atoms with Crippen molar-refractivity contribution >= 4 is 19.8 Å². The van der Waals surface area contributed by atoms with E-state index in [1.54, 1.807) is 13.8 Å². The van der Waals surface area contributed by atoms with Gasteiger partial charge in [-0.15, -0.1) is 5.54 Å². The standard InChI is InChI=1S/C13H22O4Si/c1-10(2)17-13(16)9-12(15)8-11(14)6-7-18(3,4)5/h10-11,14H,8-9H2,1-5H3. The van der Waals surface area contributed by atoms with E-state index < -0.39 is 20.1 Å². The lowest BCUT2D eigenvalue weighted by atomic mass is 10.1. The molecule has 0 aliphatic carbocycles. The molecule has 0 radical (unpaired) electrons. The third-order valence-electron chi connectivity index (χ3n) is 1.74. The van der Waals surface area contributed by atoms with Gasteiger partial charge in [0.2, 0.25) is 0 Å². The molecule has 0 saturated heterocycles. The Bertz CT molecular complexity index is 357. The number of aliphatic hydroxyl groups excluding tert-OH is 1. The number of ether oxygens (including phenoxy) is 1. The van der Waals surface area contributed by atoms with Gasteiger partial charge in [-0.2, -0.15) is 0 Å². The molecule has 18 heavy (non-hydrogen) atoms. The van der Waals surface area contributed by atoms with Crippen LogP contribution in [0.2, 0.25) is 19.6 Å². The fraction of sp³-hybridized carbons (Fsp3) is 0.692. The molecule has 0 heterocycles. The number of esters is 1. The predicted octanol–water partition coefficient (Wildman–Crippen LogP) is 1.53. The number of aliphatic hydroxyl groups is 1. The summed E-state index contributed by atoms with van der Waals surface area (Å²) in [5.74, 6) is 1.76. The Labute approximate surface area is 110 Å². The highest BCUT2D eigenvalue weighted by Gasteiger charge is 2.15. The van der Waals surface area contributed by atoms with E-state index in [9.17, 15) is 14.7 Å². The van der Waals surface area contributed by atoms with E-state index in [-0.39, 0.29) is 24.7 Å². The molecule has 0 aliphatic heterocycles. The Kier molecular flexibility index (Phi) is 6.88. The summed E-state index contributed by atoms with van der Waals surface area (Å²) in [4.78, 5) is 22.7. The summed E-state index contributed by atoms with van der Waals surface area (Å²) in [5.41, 5.74) is 2.98. The molecule has 1 unspecified atom stereocenters. The van der Waals surface area contributed by atoms with Crippen molar-refractivity contribution in [3.63, 3.8) is 0 Å². The normalized spacial score (nSPS) is 12.6.